The zero-order valence-electron chi connectivity index (χ0n) is 21.4. The number of carbonyl (C=O) groups excluding carboxylic acids is 1. The average Bonchev–Trinajstić information content (AvgIpc) is 2.91. The van der Waals surface area contributed by atoms with Crippen LogP contribution in [0.1, 0.15) is 40.9 Å². The highest BCUT2D eigenvalue weighted by atomic mass is 79.9. The number of benzene rings is 3. The molecule has 0 fully saturated rings. The summed E-state index contributed by atoms with van der Waals surface area (Å²) < 4.78 is 6.64. The van der Waals surface area contributed by atoms with Gasteiger partial charge in [0.15, 0.2) is 5.78 Å². The van der Waals surface area contributed by atoms with Crippen LogP contribution in [0.25, 0.3) is 17.0 Å². The Labute approximate surface area is 229 Å². The molecular formula is C31H28BrN3O3. The van der Waals surface area contributed by atoms with Gasteiger partial charge in [-0.2, -0.15) is 0 Å². The number of carbonyl (C=O) groups is 1. The van der Waals surface area contributed by atoms with E-state index in [1.54, 1.807) is 12.1 Å². The van der Waals surface area contributed by atoms with Crippen molar-refractivity contribution in [1.29, 1.82) is 0 Å². The molecule has 3 heterocycles. The molecule has 0 radical (unpaired) electrons. The predicted octanol–water partition coefficient (Wildman–Crippen LogP) is 6.60. The molecule has 0 atom stereocenters. The Balaban J connectivity index is 1.24. The number of halogens is 1. The van der Waals surface area contributed by atoms with E-state index < -0.39 is 5.63 Å². The van der Waals surface area contributed by atoms with Gasteiger partial charge in [0.2, 0.25) is 0 Å². The number of allylic oxidation sites excluding steroid dienone is 1. The van der Waals surface area contributed by atoms with Gasteiger partial charge in [0, 0.05) is 59.2 Å². The Morgan fingerprint density at radius 2 is 1.66 bits per heavy atom. The summed E-state index contributed by atoms with van der Waals surface area (Å²) in [5.41, 5.74) is 6.82. The maximum Gasteiger partial charge on any atom is 0.347 e. The summed E-state index contributed by atoms with van der Waals surface area (Å²) in [6.07, 6.45) is 3.23. The van der Waals surface area contributed by atoms with Gasteiger partial charge in [-0.1, -0.05) is 28.1 Å². The molecule has 0 aliphatic carbocycles. The van der Waals surface area contributed by atoms with Gasteiger partial charge < -0.3 is 19.1 Å². The van der Waals surface area contributed by atoms with Gasteiger partial charge in [-0.3, -0.25) is 4.79 Å². The van der Waals surface area contributed by atoms with Gasteiger partial charge in [-0.25, -0.2) is 4.79 Å². The van der Waals surface area contributed by atoms with E-state index in [9.17, 15) is 9.59 Å². The van der Waals surface area contributed by atoms with E-state index >= 15 is 0 Å². The second kappa shape index (κ2) is 9.80. The van der Waals surface area contributed by atoms with Crippen molar-refractivity contribution in [3.8, 4) is 0 Å². The van der Waals surface area contributed by atoms with Crippen LogP contribution in [0, 0.1) is 0 Å². The van der Waals surface area contributed by atoms with E-state index in [-0.39, 0.29) is 11.3 Å². The summed E-state index contributed by atoms with van der Waals surface area (Å²) >= 11 is 3.59. The van der Waals surface area contributed by atoms with Gasteiger partial charge in [0.1, 0.15) is 11.1 Å². The molecule has 0 saturated carbocycles. The zero-order chi connectivity index (χ0) is 26.4. The van der Waals surface area contributed by atoms with Crippen LogP contribution in [0.2, 0.25) is 0 Å². The molecule has 0 unspecified atom stereocenters. The molecule has 38 heavy (non-hydrogen) atoms. The molecule has 7 heteroatoms. The Bertz CT molecular complexity index is 1650. The molecule has 2 aliphatic heterocycles. The highest BCUT2D eigenvalue weighted by molar-refractivity contribution is 9.10. The van der Waals surface area contributed by atoms with Crippen LogP contribution in [0.4, 0.5) is 17.1 Å². The van der Waals surface area contributed by atoms with Gasteiger partial charge in [0.05, 0.1) is 6.67 Å². The number of rotatable bonds is 6. The first-order valence-electron chi connectivity index (χ1n) is 12.9. The van der Waals surface area contributed by atoms with Crippen molar-refractivity contribution in [3.05, 3.63) is 104 Å². The van der Waals surface area contributed by atoms with Crippen LogP contribution in [0.15, 0.2) is 80.4 Å². The highest BCUT2D eigenvalue weighted by Gasteiger charge is 2.29. The van der Waals surface area contributed by atoms with E-state index in [0.717, 1.165) is 54.0 Å². The van der Waals surface area contributed by atoms with Gasteiger partial charge >= 0.3 is 5.63 Å². The third kappa shape index (κ3) is 4.41. The third-order valence-electron chi connectivity index (χ3n) is 7.43. The van der Waals surface area contributed by atoms with Gasteiger partial charge in [-0.05, 0) is 85.1 Å². The summed E-state index contributed by atoms with van der Waals surface area (Å²) in [7, 11) is 0. The second-order valence-corrected chi connectivity index (χ2v) is 10.7. The maximum atomic E-state index is 13.0. The van der Waals surface area contributed by atoms with Crippen LogP contribution in [-0.2, 0) is 13.1 Å². The lowest BCUT2D eigenvalue weighted by atomic mass is 9.99. The van der Waals surface area contributed by atoms with E-state index in [2.05, 4.69) is 74.8 Å². The van der Waals surface area contributed by atoms with Gasteiger partial charge in [-0.15, -0.1) is 0 Å². The molecule has 1 aromatic heterocycles. The normalized spacial score (nSPS) is 14.1. The molecule has 192 valence electrons. The first-order chi connectivity index (χ1) is 18.4. The van der Waals surface area contributed by atoms with Crippen molar-refractivity contribution in [3.63, 3.8) is 0 Å². The van der Waals surface area contributed by atoms with Crippen molar-refractivity contribution < 1.29 is 9.21 Å². The Morgan fingerprint density at radius 1 is 0.947 bits per heavy atom. The molecule has 6 rings (SSSR count). The molecular weight excluding hydrogens is 542 g/mol. The fraction of sp³-hybridized carbons (Fsp3) is 0.226. The van der Waals surface area contributed by atoms with E-state index in [0.29, 0.717) is 5.58 Å². The highest BCUT2D eigenvalue weighted by Crippen LogP contribution is 2.39. The third-order valence-corrected chi connectivity index (χ3v) is 7.92. The minimum absolute atomic E-state index is 0.0387. The predicted molar refractivity (Wildman–Crippen MR) is 157 cm³/mol. The molecule has 0 N–H and O–H groups in total. The second-order valence-electron chi connectivity index (χ2n) is 9.74. The molecule has 2 aliphatic rings. The number of nitrogens with zero attached hydrogens (tertiary/aromatic N) is 3. The molecule has 4 aromatic rings. The Kier molecular flexibility index (Phi) is 6.32. The lowest BCUT2D eigenvalue weighted by Crippen LogP contribution is -2.46. The molecule has 0 saturated heterocycles. The summed E-state index contributed by atoms with van der Waals surface area (Å²) in [6.45, 7) is 8.41. The van der Waals surface area contributed by atoms with E-state index in [1.807, 2.05) is 24.3 Å². The zero-order valence-corrected chi connectivity index (χ0v) is 23.0. The SMILES string of the molecule is CCN(CC)c1ccc2cc(C(=O)C=Cc3ccc4c(c3)CN3CN4Cc4cc(Br)ccc43)c(=O)oc2c1. The van der Waals surface area contributed by atoms with Crippen molar-refractivity contribution >= 4 is 55.8 Å². The number of fused-ring (bicyclic) bond motifs is 7. The smallest absolute Gasteiger partial charge is 0.347 e. The molecule has 3 aromatic carbocycles. The fourth-order valence-electron chi connectivity index (χ4n) is 5.49. The Morgan fingerprint density at radius 3 is 2.39 bits per heavy atom. The van der Waals surface area contributed by atoms with Crippen molar-refractivity contribution in [1.82, 2.24) is 0 Å². The first kappa shape index (κ1) is 24.5. The van der Waals surface area contributed by atoms with Crippen molar-refractivity contribution in [2.75, 3.05) is 34.5 Å². The minimum atomic E-state index is -0.618. The summed E-state index contributed by atoms with van der Waals surface area (Å²) in [5, 5.41) is 0.730. The summed E-state index contributed by atoms with van der Waals surface area (Å²) in [5.74, 6) is -0.366. The summed E-state index contributed by atoms with van der Waals surface area (Å²) in [6, 6.07) is 20.1. The minimum Gasteiger partial charge on any atom is -0.422 e. The van der Waals surface area contributed by atoms with Crippen LogP contribution < -0.4 is 20.3 Å². The lowest BCUT2D eigenvalue weighted by molar-refractivity contribution is 0.104. The van der Waals surface area contributed by atoms with Crippen LogP contribution >= 0.6 is 15.9 Å². The lowest BCUT2D eigenvalue weighted by Gasteiger charge is -2.45. The van der Waals surface area contributed by atoms with Crippen LogP contribution in [0.5, 0.6) is 0 Å². The first-order valence-corrected chi connectivity index (χ1v) is 13.7. The van der Waals surface area contributed by atoms with Crippen LogP contribution in [-0.4, -0.2) is 25.5 Å². The molecule has 6 nitrogen and oxygen atoms in total. The molecule has 0 amide bonds. The standard InChI is InChI=1S/C31H28BrN3O3/c1-3-33(4-2)25-9-7-21-15-26(31(37)38-30(21)16-25)29(36)12-6-20-5-10-27-22(13-20)17-34-19-35(27)18-23-14-24(32)8-11-28(23)34/h5-16H,3-4,17-19H2,1-2H3. The topological polar surface area (TPSA) is 57.0 Å². The fourth-order valence-corrected chi connectivity index (χ4v) is 5.90. The number of hydrogen-bond donors (Lipinski definition) is 0. The average molecular weight is 570 g/mol. The number of anilines is 3. The van der Waals surface area contributed by atoms with E-state index in [1.165, 1.54) is 28.6 Å². The van der Waals surface area contributed by atoms with Crippen LogP contribution in [0.3, 0.4) is 0 Å². The molecule has 0 spiro atoms. The van der Waals surface area contributed by atoms with E-state index in [4.69, 9.17) is 4.42 Å². The quantitative estimate of drug-likeness (QED) is 0.148. The van der Waals surface area contributed by atoms with Gasteiger partial charge in [0.25, 0.3) is 0 Å². The van der Waals surface area contributed by atoms with Crippen molar-refractivity contribution in [2.45, 2.75) is 26.9 Å². The number of ketones is 1. The largest absolute Gasteiger partial charge is 0.422 e. The molecule has 2 bridgehead atoms. The maximum absolute atomic E-state index is 13.0. The van der Waals surface area contributed by atoms with Crippen molar-refractivity contribution in [2.24, 2.45) is 0 Å². The monoisotopic (exact) mass is 569 g/mol. The number of hydrogen-bond acceptors (Lipinski definition) is 6. The summed E-state index contributed by atoms with van der Waals surface area (Å²) in [4.78, 5) is 32.6. The Hall–Kier alpha value is -3.84.